The van der Waals surface area contributed by atoms with E-state index in [1.54, 1.807) is 6.20 Å². The normalized spacial score (nSPS) is 10.6. The van der Waals surface area contributed by atoms with Crippen molar-refractivity contribution in [1.29, 1.82) is 0 Å². The zero-order valence-corrected chi connectivity index (χ0v) is 9.86. The van der Waals surface area contributed by atoms with Crippen LogP contribution in [0.3, 0.4) is 0 Å². The zero-order chi connectivity index (χ0) is 13.8. The number of nitrogens with zero attached hydrogens (tertiary/aromatic N) is 4. The SMILES string of the molecule is O=[N+]([O-])c1ccc(F)cc1Cn1cc(CCO)nn1. The van der Waals surface area contributed by atoms with Gasteiger partial charge in [-0.15, -0.1) is 5.10 Å². The topological polar surface area (TPSA) is 94.1 Å². The largest absolute Gasteiger partial charge is 0.396 e. The van der Waals surface area contributed by atoms with Gasteiger partial charge < -0.3 is 5.11 Å². The van der Waals surface area contributed by atoms with Crippen molar-refractivity contribution in [1.82, 2.24) is 15.0 Å². The lowest BCUT2D eigenvalue weighted by atomic mass is 10.2. The van der Waals surface area contributed by atoms with Crippen LogP contribution in [0.15, 0.2) is 24.4 Å². The molecule has 1 heterocycles. The van der Waals surface area contributed by atoms with Crippen LogP contribution in [0.4, 0.5) is 10.1 Å². The number of nitro groups is 1. The fourth-order valence-corrected chi connectivity index (χ4v) is 1.68. The molecule has 1 aromatic heterocycles. The molecule has 0 unspecified atom stereocenters. The van der Waals surface area contributed by atoms with Gasteiger partial charge in [-0.1, -0.05) is 5.21 Å². The summed E-state index contributed by atoms with van der Waals surface area (Å²) < 4.78 is 14.5. The first-order chi connectivity index (χ1) is 9.10. The van der Waals surface area contributed by atoms with E-state index < -0.39 is 10.7 Å². The first kappa shape index (κ1) is 13.1. The van der Waals surface area contributed by atoms with E-state index in [9.17, 15) is 14.5 Å². The quantitative estimate of drug-likeness (QED) is 0.641. The molecular weight excluding hydrogens is 255 g/mol. The van der Waals surface area contributed by atoms with Crippen molar-refractivity contribution in [3.05, 3.63) is 51.6 Å². The monoisotopic (exact) mass is 266 g/mol. The predicted molar refractivity (Wildman–Crippen MR) is 63.0 cm³/mol. The Morgan fingerprint density at radius 3 is 2.95 bits per heavy atom. The van der Waals surface area contributed by atoms with E-state index in [2.05, 4.69) is 10.3 Å². The number of rotatable bonds is 5. The van der Waals surface area contributed by atoms with E-state index in [0.29, 0.717) is 12.1 Å². The standard InChI is InChI=1S/C11H11FN4O3/c12-9-1-2-11(16(18)19)8(5-9)6-15-7-10(3-4-17)13-14-15/h1-2,5,7,17H,3-4,6H2. The maximum Gasteiger partial charge on any atom is 0.274 e. The zero-order valence-electron chi connectivity index (χ0n) is 9.86. The van der Waals surface area contributed by atoms with Gasteiger partial charge in [0.25, 0.3) is 5.69 Å². The van der Waals surface area contributed by atoms with Crippen LogP contribution < -0.4 is 0 Å². The van der Waals surface area contributed by atoms with Gasteiger partial charge in [-0.25, -0.2) is 9.07 Å². The molecule has 2 rings (SSSR count). The highest BCUT2D eigenvalue weighted by Gasteiger charge is 2.15. The van der Waals surface area contributed by atoms with E-state index in [1.165, 1.54) is 4.68 Å². The number of aliphatic hydroxyl groups is 1. The van der Waals surface area contributed by atoms with Crippen LogP contribution in [0.25, 0.3) is 0 Å². The van der Waals surface area contributed by atoms with Gasteiger partial charge in [0, 0.05) is 25.3 Å². The molecule has 8 heteroatoms. The van der Waals surface area contributed by atoms with E-state index in [0.717, 1.165) is 18.2 Å². The minimum atomic E-state index is -0.569. The highest BCUT2D eigenvalue weighted by molar-refractivity contribution is 5.40. The van der Waals surface area contributed by atoms with Gasteiger partial charge in [0.2, 0.25) is 0 Å². The van der Waals surface area contributed by atoms with Crippen LogP contribution in [-0.2, 0) is 13.0 Å². The first-order valence-electron chi connectivity index (χ1n) is 5.53. The van der Waals surface area contributed by atoms with Crippen LogP contribution >= 0.6 is 0 Å². The van der Waals surface area contributed by atoms with Gasteiger partial charge in [0.05, 0.1) is 22.7 Å². The van der Waals surface area contributed by atoms with Crippen LogP contribution in [0.2, 0.25) is 0 Å². The average molecular weight is 266 g/mol. The Kier molecular flexibility index (Phi) is 3.81. The molecule has 0 saturated heterocycles. The minimum Gasteiger partial charge on any atom is -0.396 e. The molecule has 0 saturated carbocycles. The Labute approximate surface area is 107 Å². The number of nitro benzene ring substituents is 1. The summed E-state index contributed by atoms with van der Waals surface area (Å²) >= 11 is 0. The molecule has 0 aliphatic rings. The van der Waals surface area contributed by atoms with Crippen molar-refractivity contribution in [2.45, 2.75) is 13.0 Å². The van der Waals surface area contributed by atoms with Crippen molar-refractivity contribution in [2.24, 2.45) is 0 Å². The molecular formula is C11H11FN4O3. The number of aromatic nitrogens is 3. The molecule has 1 aromatic carbocycles. The Hall–Kier alpha value is -2.35. The molecule has 0 atom stereocenters. The van der Waals surface area contributed by atoms with Crippen molar-refractivity contribution in [3.63, 3.8) is 0 Å². The summed E-state index contributed by atoms with van der Waals surface area (Å²) in [6.45, 7) is -0.00862. The van der Waals surface area contributed by atoms with Gasteiger partial charge in [-0.3, -0.25) is 10.1 Å². The number of hydrogen-bond acceptors (Lipinski definition) is 5. The third-order valence-electron chi connectivity index (χ3n) is 2.52. The molecule has 100 valence electrons. The summed E-state index contributed by atoms with van der Waals surface area (Å²) in [7, 11) is 0. The molecule has 2 aromatic rings. The summed E-state index contributed by atoms with van der Waals surface area (Å²) in [6.07, 6.45) is 1.91. The maximum atomic E-state index is 13.1. The second-order valence-electron chi connectivity index (χ2n) is 3.91. The molecule has 1 N–H and O–H groups in total. The van der Waals surface area contributed by atoms with Crippen molar-refractivity contribution in [2.75, 3.05) is 6.61 Å². The van der Waals surface area contributed by atoms with Gasteiger partial charge in [-0.2, -0.15) is 0 Å². The number of halogens is 1. The van der Waals surface area contributed by atoms with Crippen LogP contribution in [0.1, 0.15) is 11.3 Å². The van der Waals surface area contributed by atoms with Crippen molar-refractivity contribution in [3.8, 4) is 0 Å². The lowest BCUT2D eigenvalue weighted by Crippen LogP contribution is -2.04. The second-order valence-corrected chi connectivity index (χ2v) is 3.91. The van der Waals surface area contributed by atoms with Gasteiger partial charge in [0.15, 0.2) is 0 Å². The third-order valence-corrected chi connectivity index (χ3v) is 2.52. The smallest absolute Gasteiger partial charge is 0.274 e. The molecule has 0 amide bonds. The Bertz CT molecular complexity index is 599. The molecule has 0 bridgehead atoms. The van der Waals surface area contributed by atoms with Crippen LogP contribution in [0.5, 0.6) is 0 Å². The maximum absolute atomic E-state index is 13.1. The van der Waals surface area contributed by atoms with E-state index in [1.807, 2.05) is 0 Å². The number of benzene rings is 1. The molecule has 19 heavy (non-hydrogen) atoms. The molecule has 0 spiro atoms. The Balaban J connectivity index is 2.26. The summed E-state index contributed by atoms with van der Waals surface area (Å²) in [6, 6.07) is 3.27. The second kappa shape index (κ2) is 5.53. The van der Waals surface area contributed by atoms with Crippen LogP contribution in [-0.4, -0.2) is 31.6 Å². The van der Waals surface area contributed by atoms with Crippen LogP contribution in [0, 0.1) is 15.9 Å². The highest BCUT2D eigenvalue weighted by atomic mass is 19.1. The van der Waals surface area contributed by atoms with Gasteiger partial charge in [0.1, 0.15) is 5.82 Å². The minimum absolute atomic E-state index is 0.0481. The molecule has 0 fully saturated rings. The third kappa shape index (κ3) is 3.10. The summed E-state index contributed by atoms with van der Waals surface area (Å²) in [5.41, 5.74) is 0.618. The van der Waals surface area contributed by atoms with Gasteiger partial charge in [-0.05, 0) is 12.1 Å². The number of aliphatic hydroxyl groups excluding tert-OH is 1. The molecule has 0 aliphatic carbocycles. The van der Waals surface area contributed by atoms with Crippen molar-refractivity contribution < 1.29 is 14.4 Å². The molecule has 7 nitrogen and oxygen atoms in total. The van der Waals surface area contributed by atoms with Crippen molar-refractivity contribution >= 4 is 5.69 Å². The van der Waals surface area contributed by atoms with E-state index in [4.69, 9.17) is 5.11 Å². The highest BCUT2D eigenvalue weighted by Crippen LogP contribution is 2.20. The Morgan fingerprint density at radius 2 is 2.26 bits per heavy atom. The fourth-order valence-electron chi connectivity index (χ4n) is 1.68. The number of hydrogen-bond donors (Lipinski definition) is 1. The molecule has 0 radical (unpaired) electrons. The van der Waals surface area contributed by atoms with E-state index >= 15 is 0 Å². The first-order valence-corrected chi connectivity index (χ1v) is 5.53. The summed E-state index contributed by atoms with van der Waals surface area (Å²) in [5.74, 6) is -0.545. The predicted octanol–water partition coefficient (Wildman–Crippen LogP) is 0.908. The lowest BCUT2D eigenvalue weighted by Gasteiger charge is -2.02. The van der Waals surface area contributed by atoms with E-state index in [-0.39, 0.29) is 24.4 Å². The summed E-state index contributed by atoms with van der Waals surface area (Å²) in [5, 5.41) is 27.2. The molecule has 0 aliphatic heterocycles. The summed E-state index contributed by atoms with van der Waals surface area (Å²) in [4.78, 5) is 10.3. The lowest BCUT2D eigenvalue weighted by molar-refractivity contribution is -0.385. The fraction of sp³-hybridized carbons (Fsp3) is 0.273. The average Bonchev–Trinajstić information content (AvgIpc) is 2.77. The Morgan fingerprint density at radius 1 is 1.47 bits per heavy atom. The van der Waals surface area contributed by atoms with Gasteiger partial charge >= 0.3 is 0 Å².